The van der Waals surface area contributed by atoms with Crippen molar-refractivity contribution in [3.05, 3.63) is 65.2 Å². The number of carbonyl (C=O) groups excluding carboxylic acids is 4. The summed E-state index contributed by atoms with van der Waals surface area (Å²) >= 11 is 0. The maximum absolute atomic E-state index is 12.5. The van der Waals surface area contributed by atoms with Gasteiger partial charge in [-0.2, -0.15) is 0 Å². The molecule has 29 heavy (non-hydrogen) atoms. The smallest absolute Gasteiger partial charge is 0.338 e. The monoisotopic (exact) mass is 394 g/mol. The molecule has 1 heterocycles. The molecule has 3 amide bonds. The first kappa shape index (κ1) is 20.3. The third kappa shape index (κ3) is 4.18. The highest BCUT2D eigenvalue weighted by molar-refractivity contribution is 6.34. The lowest BCUT2D eigenvalue weighted by Crippen LogP contribution is -2.38. The molecule has 2 aromatic carbocycles. The van der Waals surface area contributed by atoms with Gasteiger partial charge in [-0.1, -0.05) is 26.0 Å². The van der Waals surface area contributed by atoms with Crippen LogP contribution in [0.25, 0.3) is 0 Å². The number of esters is 1. The average molecular weight is 394 g/mol. The van der Waals surface area contributed by atoms with Crippen molar-refractivity contribution in [3.8, 4) is 0 Å². The zero-order valence-corrected chi connectivity index (χ0v) is 16.5. The zero-order valence-electron chi connectivity index (χ0n) is 16.5. The van der Waals surface area contributed by atoms with Crippen LogP contribution >= 0.6 is 0 Å². The lowest BCUT2D eigenvalue weighted by atomic mass is 10.1. The third-order valence-corrected chi connectivity index (χ3v) is 4.88. The van der Waals surface area contributed by atoms with E-state index in [2.05, 4.69) is 5.32 Å². The molecule has 1 unspecified atom stereocenters. The van der Waals surface area contributed by atoms with Crippen LogP contribution in [0.1, 0.15) is 51.8 Å². The Hall–Kier alpha value is -3.48. The van der Waals surface area contributed by atoms with Crippen molar-refractivity contribution in [2.75, 3.05) is 11.5 Å². The molecule has 1 N–H and O–H groups in total. The Morgan fingerprint density at radius 1 is 0.931 bits per heavy atom. The quantitative estimate of drug-likeness (QED) is 0.601. The van der Waals surface area contributed by atoms with Gasteiger partial charge >= 0.3 is 5.97 Å². The number of nitrogens with zero attached hydrogens (tertiary/aromatic N) is 1. The van der Waals surface area contributed by atoms with Gasteiger partial charge in [-0.25, -0.2) is 9.69 Å². The Labute approximate surface area is 168 Å². The summed E-state index contributed by atoms with van der Waals surface area (Å²) in [4.78, 5) is 50.1. The second-order valence-electron chi connectivity index (χ2n) is 7.21. The van der Waals surface area contributed by atoms with E-state index < -0.39 is 17.8 Å². The molecule has 7 heteroatoms. The lowest BCUT2D eigenvalue weighted by molar-refractivity contribution is -0.125. The molecule has 1 aliphatic heterocycles. The molecule has 1 atom stereocenters. The Bertz CT molecular complexity index is 930. The third-order valence-electron chi connectivity index (χ3n) is 4.88. The predicted octanol–water partition coefficient (Wildman–Crippen LogP) is 2.80. The van der Waals surface area contributed by atoms with Crippen LogP contribution in [-0.2, 0) is 9.53 Å². The second kappa shape index (κ2) is 8.26. The van der Waals surface area contributed by atoms with E-state index in [4.69, 9.17) is 4.74 Å². The Kier molecular flexibility index (Phi) is 5.77. The number of amides is 3. The fourth-order valence-electron chi connectivity index (χ4n) is 2.85. The summed E-state index contributed by atoms with van der Waals surface area (Å²) in [7, 11) is 0. The van der Waals surface area contributed by atoms with E-state index in [0.29, 0.717) is 16.8 Å². The number of nitrogens with one attached hydrogen (secondary N) is 1. The van der Waals surface area contributed by atoms with E-state index in [0.717, 1.165) is 4.90 Å². The summed E-state index contributed by atoms with van der Waals surface area (Å²) in [6, 6.07) is 12.5. The maximum Gasteiger partial charge on any atom is 0.338 e. The first-order chi connectivity index (χ1) is 13.8. The molecular weight excluding hydrogens is 372 g/mol. The minimum absolute atomic E-state index is 0.0276. The summed E-state index contributed by atoms with van der Waals surface area (Å²) in [5.41, 5.74) is 1.27. The molecular formula is C22H22N2O5. The van der Waals surface area contributed by atoms with Gasteiger partial charge in [0.25, 0.3) is 17.7 Å². The average Bonchev–Trinajstić information content (AvgIpc) is 2.97. The van der Waals surface area contributed by atoms with Crippen molar-refractivity contribution in [2.24, 2.45) is 5.92 Å². The van der Waals surface area contributed by atoms with E-state index in [9.17, 15) is 19.2 Å². The molecule has 7 nitrogen and oxygen atoms in total. The fraction of sp³-hybridized carbons (Fsp3) is 0.273. The van der Waals surface area contributed by atoms with Crippen molar-refractivity contribution in [1.29, 1.82) is 0 Å². The lowest BCUT2D eigenvalue weighted by Gasteiger charge is -2.17. The van der Waals surface area contributed by atoms with Crippen LogP contribution in [0.2, 0.25) is 0 Å². The van der Waals surface area contributed by atoms with Gasteiger partial charge in [-0.3, -0.25) is 14.4 Å². The van der Waals surface area contributed by atoms with E-state index in [1.165, 1.54) is 24.3 Å². The first-order valence-electron chi connectivity index (χ1n) is 9.34. The summed E-state index contributed by atoms with van der Waals surface area (Å²) in [6.45, 7) is 5.46. The Morgan fingerprint density at radius 3 is 2.00 bits per heavy atom. The molecule has 0 saturated carbocycles. The second-order valence-corrected chi connectivity index (χ2v) is 7.21. The van der Waals surface area contributed by atoms with Gasteiger partial charge in [-0.15, -0.1) is 0 Å². The molecule has 3 rings (SSSR count). The van der Waals surface area contributed by atoms with E-state index in [-0.39, 0.29) is 30.0 Å². The largest absolute Gasteiger partial charge is 0.452 e. The normalized spacial score (nSPS) is 14.0. The number of hydrogen-bond donors (Lipinski definition) is 1. The van der Waals surface area contributed by atoms with Crippen LogP contribution in [0.3, 0.4) is 0 Å². The minimum atomic E-state index is -0.661. The molecule has 1 aliphatic rings. The summed E-state index contributed by atoms with van der Waals surface area (Å²) in [5, 5.41) is 2.75. The molecule has 2 aromatic rings. The number of imide groups is 1. The molecule has 0 spiro atoms. The van der Waals surface area contributed by atoms with Gasteiger partial charge < -0.3 is 10.1 Å². The first-order valence-corrected chi connectivity index (χ1v) is 9.34. The van der Waals surface area contributed by atoms with Crippen molar-refractivity contribution in [2.45, 2.75) is 26.8 Å². The summed E-state index contributed by atoms with van der Waals surface area (Å²) in [5.74, 6) is -1.58. The van der Waals surface area contributed by atoms with Crippen LogP contribution in [0.15, 0.2) is 48.5 Å². The van der Waals surface area contributed by atoms with Crippen molar-refractivity contribution < 1.29 is 23.9 Å². The van der Waals surface area contributed by atoms with Crippen LogP contribution in [0, 0.1) is 5.92 Å². The summed E-state index contributed by atoms with van der Waals surface area (Å²) < 4.78 is 5.03. The van der Waals surface area contributed by atoms with Gasteiger partial charge in [0.2, 0.25) is 0 Å². The predicted molar refractivity (Wildman–Crippen MR) is 107 cm³/mol. The molecule has 150 valence electrons. The van der Waals surface area contributed by atoms with Gasteiger partial charge in [0.05, 0.1) is 22.4 Å². The number of benzene rings is 2. The molecule has 0 saturated heterocycles. The van der Waals surface area contributed by atoms with Crippen LogP contribution < -0.4 is 10.2 Å². The SMILES string of the molecule is CC(C)C(C)NC(=O)COC(=O)c1ccc(N2C(=O)c3ccccc3C2=O)cc1. The van der Waals surface area contributed by atoms with E-state index in [1.807, 2.05) is 20.8 Å². The number of fused-ring (bicyclic) bond motifs is 1. The summed E-state index contributed by atoms with van der Waals surface area (Å²) in [6.07, 6.45) is 0. The van der Waals surface area contributed by atoms with Crippen molar-refractivity contribution in [1.82, 2.24) is 5.32 Å². The van der Waals surface area contributed by atoms with Crippen molar-refractivity contribution >= 4 is 29.4 Å². The standard InChI is InChI=1S/C22H22N2O5/c1-13(2)14(3)23-19(25)12-29-22(28)15-8-10-16(11-9-15)24-20(26)17-6-4-5-7-18(17)21(24)27/h4-11,13-14H,12H2,1-3H3,(H,23,25). The van der Waals surface area contributed by atoms with Crippen LogP contribution in [0.5, 0.6) is 0 Å². The van der Waals surface area contributed by atoms with Crippen LogP contribution in [0.4, 0.5) is 5.69 Å². The topological polar surface area (TPSA) is 92.8 Å². The van der Waals surface area contributed by atoms with E-state index >= 15 is 0 Å². The van der Waals surface area contributed by atoms with Gasteiger partial charge in [-0.05, 0) is 49.2 Å². The Balaban J connectivity index is 1.64. The molecule has 0 aliphatic carbocycles. The zero-order chi connectivity index (χ0) is 21.1. The van der Waals surface area contributed by atoms with E-state index in [1.54, 1.807) is 24.3 Å². The number of rotatable bonds is 6. The Morgan fingerprint density at radius 2 is 1.48 bits per heavy atom. The number of ether oxygens (including phenoxy) is 1. The van der Waals surface area contributed by atoms with Gasteiger partial charge in [0.15, 0.2) is 6.61 Å². The molecule has 0 fully saturated rings. The number of anilines is 1. The highest BCUT2D eigenvalue weighted by atomic mass is 16.5. The highest BCUT2D eigenvalue weighted by Gasteiger charge is 2.36. The van der Waals surface area contributed by atoms with Gasteiger partial charge in [0, 0.05) is 6.04 Å². The van der Waals surface area contributed by atoms with Crippen LogP contribution in [-0.4, -0.2) is 36.3 Å². The highest BCUT2D eigenvalue weighted by Crippen LogP contribution is 2.28. The molecule has 0 bridgehead atoms. The fourth-order valence-corrected chi connectivity index (χ4v) is 2.85. The van der Waals surface area contributed by atoms with Crippen molar-refractivity contribution in [3.63, 3.8) is 0 Å². The minimum Gasteiger partial charge on any atom is -0.452 e. The molecule has 0 aromatic heterocycles. The maximum atomic E-state index is 12.5. The van der Waals surface area contributed by atoms with Gasteiger partial charge in [0.1, 0.15) is 0 Å². The number of hydrogen-bond acceptors (Lipinski definition) is 5. The molecule has 0 radical (unpaired) electrons. The number of carbonyl (C=O) groups is 4.